The number of rotatable bonds is 2. The molecule has 0 saturated carbocycles. The molecule has 2 rings (SSSR count). The number of hydrogen-bond donors (Lipinski definition) is 1. The second-order valence-corrected chi connectivity index (χ2v) is 3.87. The zero-order valence-corrected chi connectivity index (χ0v) is 9.72. The Bertz CT molecular complexity index is 606. The monoisotopic (exact) mass is 265 g/mol. The third kappa shape index (κ3) is 3.34. The van der Waals surface area contributed by atoms with Crippen molar-refractivity contribution >= 4 is 11.9 Å². The van der Waals surface area contributed by atoms with Crippen LogP contribution in [0.2, 0.25) is 0 Å². The average molecular weight is 265 g/mol. The number of phenols is 1. The quantitative estimate of drug-likeness (QED) is 0.812. The van der Waals surface area contributed by atoms with E-state index in [1.165, 1.54) is 24.4 Å². The Balaban J connectivity index is 2.27. The van der Waals surface area contributed by atoms with Gasteiger partial charge in [0.15, 0.2) is 0 Å². The fourth-order valence-electron chi connectivity index (χ4n) is 1.50. The molecule has 0 aliphatic heterocycles. The second kappa shape index (κ2) is 5.14. The lowest BCUT2D eigenvalue weighted by Gasteiger charge is -2.06. The van der Waals surface area contributed by atoms with E-state index in [-0.39, 0.29) is 11.4 Å². The topological polar surface area (TPSA) is 32.6 Å². The Hall–Kier alpha value is -2.30. The SMILES string of the molecule is Oc1ccccc1C=Nc1cccc(C(F)(F)F)c1. The number of para-hydroxylation sites is 1. The first-order valence-corrected chi connectivity index (χ1v) is 5.46. The van der Waals surface area contributed by atoms with Gasteiger partial charge in [0.05, 0.1) is 11.3 Å². The minimum atomic E-state index is -4.39. The summed E-state index contributed by atoms with van der Waals surface area (Å²) in [7, 11) is 0. The summed E-state index contributed by atoms with van der Waals surface area (Å²) in [5.74, 6) is 0.0261. The molecule has 0 bridgehead atoms. The van der Waals surface area contributed by atoms with E-state index >= 15 is 0 Å². The van der Waals surface area contributed by atoms with Crippen LogP contribution in [0.5, 0.6) is 5.75 Å². The molecule has 0 atom stereocenters. The van der Waals surface area contributed by atoms with Crippen LogP contribution < -0.4 is 0 Å². The average Bonchev–Trinajstić information content (AvgIpc) is 2.37. The Labute approximate surface area is 107 Å². The lowest BCUT2D eigenvalue weighted by atomic mass is 10.2. The minimum absolute atomic E-state index is 0.0261. The molecule has 98 valence electrons. The fourth-order valence-corrected chi connectivity index (χ4v) is 1.50. The van der Waals surface area contributed by atoms with Crippen LogP contribution in [-0.2, 0) is 6.18 Å². The maximum Gasteiger partial charge on any atom is 0.416 e. The van der Waals surface area contributed by atoms with Gasteiger partial charge >= 0.3 is 6.18 Å². The molecule has 2 nitrogen and oxygen atoms in total. The molecule has 0 fully saturated rings. The van der Waals surface area contributed by atoms with E-state index in [1.54, 1.807) is 18.2 Å². The smallest absolute Gasteiger partial charge is 0.416 e. The number of nitrogens with zero attached hydrogens (tertiary/aromatic N) is 1. The van der Waals surface area contributed by atoms with Gasteiger partial charge in [-0.1, -0.05) is 18.2 Å². The predicted molar refractivity (Wildman–Crippen MR) is 66.8 cm³/mol. The molecular weight excluding hydrogens is 255 g/mol. The van der Waals surface area contributed by atoms with E-state index in [1.807, 2.05) is 0 Å². The highest BCUT2D eigenvalue weighted by molar-refractivity contribution is 5.85. The van der Waals surface area contributed by atoms with Crippen molar-refractivity contribution < 1.29 is 18.3 Å². The summed E-state index contributed by atoms with van der Waals surface area (Å²) in [6.45, 7) is 0. The molecule has 0 saturated heterocycles. The zero-order valence-electron chi connectivity index (χ0n) is 9.72. The zero-order chi connectivity index (χ0) is 13.9. The number of aliphatic imine (C=N–C) groups is 1. The normalized spacial score (nSPS) is 11.9. The van der Waals surface area contributed by atoms with Gasteiger partial charge in [0.25, 0.3) is 0 Å². The van der Waals surface area contributed by atoms with E-state index in [9.17, 15) is 18.3 Å². The summed E-state index contributed by atoms with van der Waals surface area (Å²) < 4.78 is 37.5. The third-order valence-electron chi connectivity index (χ3n) is 2.46. The van der Waals surface area contributed by atoms with E-state index in [0.717, 1.165) is 12.1 Å². The van der Waals surface area contributed by atoms with Gasteiger partial charge in [-0.25, -0.2) is 0 Å². The highest BCUT2D eigenvalue weighted by atomic mass is 19.4. The number of hydrogen-bond acceptors (Lipinski definition) is 2. The maximum atomic E-state index is 12.5. The van der Waals surface area contributed by atoms with Crippen LogP contribution in [0, 0.1) is 0 Å². The molecule has 0 aliphatic carbocycles. The molecule has 0 unspecified atom stereocenters. The van der Waals surface area contributed by atoms with Crippen molar-refractivity contribution in [2.24, 2.45) is 4.99 Å². The van der Waals surface area contributed by atoms with Crippen LogP contribution >= 0.6 is 0 Å². The van der Waals surface area contributed by atoms with Crippen LogP contribution in [0.1, 0.15) is 11.1 Å². The lowest BCUT2D eigenvalue weighted by Crippen LogP contribution is -2.03. The number of aromatic hydroxyl groups is 1. The van der Waals surface area contributed by atoms with Gasteiger partial charge in [-0.15, -0.1) is 0 Å². The Kier molecular flexibility index (Phi) is 3.55. The van der Waals surface area contributed by atoms with Crippen molar-refractivity contribution in [2.45, 2.75) is 6.18 Å². The van der Waals surface area contributed by atoms with Crippen molar-refractivity contribution in [1.29, 1.82) is 0 Å². The summed E-state index contributed by atoms with van der Waals surface area (Å²) in [6.07, 6.45) is -3.06. The van der Waals surface area contributed by atoms with Gasteiger partial charge in [-0.2, -0.15) is 13.2 Å². The van der Waals surface area contributed by atoms with Crippen molar-refractivity contribution in [1.82, 2.24) is 0 Å². The van der Waals surface area contributed by atoms with Crippen LogP contribution in [0.3, 0.4) is 0 Å². The summed E-state index contributed by atoms with van der Waals surface area (Å²) in [4.78, 5) is 3.93. The van der Waals surface area contributed by atoms with Crippen molar-refractivity contribution in [3.63, 3.8) is 0 Å². The molecular formula is C14H10F3NO. The summed E-state index contributed by atoms with van der Waals surface area (Å²) in [5, 5.41) is 9.50. The molecule has 5 heteroatoms. The van der Waals surface area contributed by atoms with Gasteiger partial charge in [0.2, 0.25) is 0 Å². The second-order valence-electron chi connectivity index (χ2n) is 3.87. The molecule has 0 spiro atoms. The molecule has 0 aliphatic rings. The molecule has 19 heavy (non-hydrogen) atoms. The van der Waals surface area contributed by atoms with Gasteiger partial charge < -0.3 is 5.11 Å². The van der Waals surface area contributed by atoms with Crippen LogP contribution in [0.4, 0.5) is 18.9 Å². The summed E-state index contributed by atoms with van der Waals surface area (Å²) in [6, 6.07) is 11.1. The number of halogens is 3. The molecule has 0 heterocycles. The molecule has 0 amide bonds. The third-order valence-corrected chi connectivity index (χ3v) is 2.46. The van der Waals surface area contributed by atoms with E-state index in [2.05, 4.69) is 4.99 Å². The van der Waals surface area contributed by atoms with E-state index in [4.69, 9.17) is 0 Å². The number of benzene rings is 2. The fraction of sp³-hybridized carbons (Fsp3) is 0.0714. The Morgan fingerprint density at radius 2 is 1.74 bits per heavy atom. The van der Waals surface area contributed by atoms with Gasteiger partial charge in [0, 0.05) is 11.8 Å². The van der Waals surface area contributed by atoms with Crippen molar-refractivity contribution in [3.8, 4) is 5.75 Å². The van der Waals surface area contributed by atoms with Crippen LogP contribution in [0.15, 0.2) is 53.5 Å². The van der Waals surface area contributed by atoms with E-state index < -0.39 is 11.7 Å². The molecule has 2 aromatic carbocycles. The van der Waals surface area contributed by atoms with Crippen molar-refractivity contribution in [3.05, 3.63) is 59.7 Å². The molecule has 0 radical (unpaired) electrons. The largest absolute Gasteiger partial charge is 0.507 e. The van der Waals surface area contributed by atoms with Crippen molar-refractivity contribution in [2.75, 3.05) is 0 Å². The first-order chi connectivity index (χ1) is 8.97. The minimum Gasteiger partial charge on any atom is -0.507 e. The lowest BCUT2D eigenvalue weighted by molar-refractivity contribution is -0.137. The van der Waals surface area contributed by atoms with Crippen LogP contribution in [0.25, 0.3) is 0 Å². The number of phenolic OH excluding ortho intramolecular Hbond substituents is 1. The standard InChI is InChI=1S/C14H10F3NO/c15-14(16,17)11-5-3-6-12(8-11)18-9-10-4-1-2-7-13(10)19/h1-9,19H. The summed E-state index contributed by atoms with van der Waals surface area (Å²) >= 11 is 0. The van der Waals surface area contributed by atoms with E-state index in [0.29, 0.717) is 5.56 Å². The first kappa shape index (κ1) is 13.1. The van der Waals surface area contributed by atoms with Crippen LogP contribution in [-0.4, -0.2) is 11.3 Å². The van der Waals surface area contributed by atoms with Gasteiger partial charge in [-0.3, -0.25) is 4.99 Å². The summed E-state index contributed by atoms with van der Waals surface area (Å²) in [5.41, 5.74) is -0.127. The highest BCUT2D eigenvalue weighted by Gasteiger charge is 2.30. The Morgan fingerprint density at radius 1 is 1.00 bits per heavy atom. The molecule has 1 N–H and O–H groups in total. The predicted octanol–water partition coefficient (Wildman–Crippen LogP) is 4.16. The highest BCUT2D eigenvalue weighted by Crippen LogP contribution is 2.31. The first-order valence-electron chi connectivity index (χ1n) is 5.46. The number of alkyl halides is 3. The van der Waals surface area contributed by atoms with Gasteiger partial charge in [0.1, 0.15) is 5.75 Å². The molecule has 2 aromatic rings. The van der Waals surface area contributed by atoms with Gasteiger partial charge in [-0.05, 0) is 30.3 Å². The Morgan fingerprint density at radius 3 is 2.42 bits per heavy atom. The maximum absolute atomic E-state index is 12.5. The molecule has 0 aromatic heterocycles.